The van der Waals surface area contributed by atoms with Crippen molar-refractivity contribution in [3.8, 4) is 0 Å². The van der Waals surface area contributed by atoms with E-state index < -0.39 is 0 Å². The Bertz CT molecular complexity index is 144. The summed E-state index contributed by atoms with van der Waals surface area (Å²) in [4.78, 5) is 0. The Kier molecular flexibility index (Phi) is 3.76. The molecule has 0 aromatic carbocycles. The predicted octanol–water partition coefficient (Wildman–Crippen LogP) is 1.72. The molecule has 0 aromatic heterocycles. The molecule has 12 heavy (non-hydrogen) atoms. The number of hydrogen-bond acceptors (Lipinski definition) is 2. The van der Waals surface area contributed by atoms with E-state index >= 15 is 0 Å². The zero-order valence-electron chi connectivity index (χ0n) is 8.10. The molecule has 0 radical (unpaired) electrons. The van der Waals surface area contributed by atoms with Gasteiger partial charge in [0.25, 0.3) is 0 Å². The average Bonchev–Trinajstić information content (AvgIpc) is 2.02. The second-order valence-electron chi connectivity index (χ2n) is 3.44. The quantitative estimate of drug-likeness (QED) is 0.500. The van der Waals surface area contributed by atoms with Crippen molar-refractivity contribution < 1.29 is 4.74 Å². The van der Waals surface area contributed by atoms with Crippen molar-refractivity contribution in [3.05, 3.63) is 12.2 Å². The van der Waals surface area contributed by atoms with Crippen LogP contribution in [0.1, 0.15) is 26.2 Å². The van der Waals surface area contributed by atoms with Crippen molar-refractivity contribution in [2.24, 2.45) is 0 Å². The fourth-order valence-electron chi connectivity index (χ4n) is 1.53. The number of ether oxygens (including phenoxy) is 1. The molecule has 1 fully saturated rings. The van der Waals surface area contributed by atoms with Crippen LogP contribution in [0.15, 0.2) is 12.2 Å². The van der Waals surface area contributed by atoms with Gasteiger partial charge in [-0.25, -0.2) is 0 Å². The Morgan fingerprint density at radius 1 is 1.50 bits per heavy atom. The monoisotopic (exact) mass is 169 g/mol. The van der Waals surface area contributed by atoms with Crippen LogP contribution < -0.4 is 5.32 Å². The summed E-state index contributed by atoms with van der Waals surface area (Å²) in [7, 11) is 1.82. The summed E-state index contributed by atoms with van der Waals surface area (Å²) in [5.41, 5.74) is 0.168. The standard InChI is InChI=1S/C10H19NO/c1-3-4-8-11-9-10(12-2)6-5-7-10/h3-4,11H,5-9H2,1-2H3/b4-3+. The third-order valence-electron chi connectivity index (χ3n) is 2.64. The molecule has 1 N–H and O–H groups in total. The normalized spacial score (nSPS) is 21.2. The van der Waals surface area contributed by atoms with Gasteiger partial charge in [0, 0.05) is 20.2 Å². The minimum absolute atomic E-state index is 0.168. The molecule has 1 aliphatic rings. The molecule has 2 heteroatoms. The van der Waals surface area contributed by atoms with Gasteiger partial charge < -0.3 is 10.1 Å². The van der Waals surface area contributed by atoms with Gasteiger partial charge in [-0.2, -0.15) is 0 Å². The molecule has 2 nitrogen and oxygen atoms in total. The zero-order chi connectivity index (χ0) is 8.86. The summed E-state index contributed by atoms with van der Waals surface area (Å²) in [6.07, 6.45) is 7.94. The highest BCUT2D eigenvalue weighted by molar-refractivity contribution is 4.92. The van der Waals surface area contributed by atoms with Crippen LogP contribution in [-0.4, -0.2) is 25.8 Å². The molecule has 0 aliphatic heterocycles. The first-order valence-corrected chi connectivity index (χ1v) is 4.70. The van der Waals surface area contributed by atoms with Crippen molar-refractivity contribution in [3.63, 3.8) is 0 Å². The number of rotatable bonds is 5. The summed E-state index contributed by atoms with van der Waals surface area (Å²) in [6, 6.07) is 0. The summed E-state index contributed by atoms with van der Waals surface area (Å²) >= 11 is 0. The molecule has 0 heterocycles. The molecule has 0 bridgehead atoms. The van der Waals surface area contributed by atoms with Crippen molar-refractivity contribution in [1.29, 1.82) is 0 Å². The van der Waals surface area contributed by atoms with E-state index in [2.05, 4.69) is 17.5 Å². The molecule has 0 amide bonds. The maximum absolute atomic E-state index is 5.47. The van der Waals surface area contributed by atoms with Crippen molar-refractivity contribution in [2.75, 3.05) is 20.2 Å². The van der Waals surface area contributed by atoms with Crippen LogP contribution in [0.2, 0.25) is 0 Å². The lowest BCUT2D eigenvalue weighted by molar-refractivity contribution is -0.0687. The van der Waals surface area contributed by atoms with Gasteiger partial charge >= 0.3 is 0 Å². The van der Waals surface area contributed by atoms with Crippen LogP contribution in [0.25, 0.3) is 0 Å². The molecule has 0 atom stereocenters. The molecule has 1 rings (SSSR count). The van der Waals surface area contributed by atoms with Crippen molar-refractivity contribution >= 4 is 0 Å². The summed E-state index contributed by atoms with van der Waals surface area (Å²) in [5, 5.41) is 3.37. The van der Waals surface area contributed by atoms with Crippen LogP contribution in [0.5, 0.6) is 0 Å². The maximum atomic E-state index is 5.47. The molecule has 0 spiro atoms. The third-order valence-corrected chi connectivity index (χ3v) is 2.64. The highest BCUT2D eigenvalue weighted by atomic mass is 16.5. The first-order chi connectivity index (χ1) is 5.83. The van der Waals surface area contributed by atoms with E-state index in [1.54, 1.807) is 0 Å². The second-order valence-corrected chi connectivity index (χ2v) is 3.44. The topological polar surface area (TPSA) is 21.3 Å². The lowest BCUT2D eigenvalue weighted by Gasteiger charge is -2.40. The van der Waals surface area contributed by atoms with E-state index in [4.69, 9.17) is 4.74 Å². The Morgan fingerprint density at radius 3 is 2.67 bits per heavy atom. The van der Waals surface area contributed by atoms with E-state index in [1.807, 2.05) is 14.0 Å². The zero-order valence-corrected chi connectivity index (χ0v) is 8.10. The largest absolute Gasteiger partial charge is 0.377 e. The van der Waals surface area contributed by atoms with E-state index in [-0.39, 0.29) is 5.60 Å². The van der Waals surface area contributed by atoms with Gasteiger partial charge in [-0.15, -0.1) is 0 Å². The van der Waals surface area contributed by atoms with Gasteiger partial charge in [0.1, 0.15) is 0 Å². The molecule has 0 saturated heterocycles. The van der Waals surface area contributed by atoms with E-state index in [9.17, 15) is 0 Å². The molecule has 70 valence electrons. The van der Waals surface area contributed by atoms with Crippen LogP contribution in [0, 0.1) is 0 Å². The first-order valence-electron chi connectivity index (χ1n) is 4.70. The second kappa shape index (κ2) is 4.63. The van der Waals surface area contributed by atoms with E-state index in [1.165, 1.54) is 19.3 Å². The Balaban J connectivity index is 2.12. The number of methoxy groups -OCH3 is 1. The molecule has 0 unspecified atom stereocenters. The van der Waals surface area contributed by atoms with Crippen LogP contribution in [0.3, 0.4) is 0 Å². The SMILES string of the molecule is C/C=C/CNCC1(OC)CCC1. The Hall–Kier alpha value is -0.340. The van der Waals surface area contributed by atoms with Gasteiger partial charge in [-0.1, -0.05) is 12.2 Å². The number of hydrogen-bond donors (Lipinski definition) is 1. The minimum Gasteiger partial charge on any atom is -0.377 e. The fraction of sp³-hybridized carbons (Fsp3) is 0.800. The maximum Gasteiger partial charge on any atom is 0.0802 e. The third kappa shape index (κ3) is 2.32. The molecule has 1 saturated carbocycles. The van der Waals surface area contributed by atoms with Crippen molar-refractivity contribution in [2.45, 2.75) is 31.8 Å². The fourth-order valence-corrected chi connectivity index (χ4v) is 1.53. The minimum atomic E-state index is 0.168. The lowest BCUT2D eigenvalue weighted by Crippen LogP contribution is -2.47. The van der Waals surface area contributed by atoms with Gasteiger partial charge in [0.05, 0.1) is 5.60 Å². The Labute approximate surface area is 75.0 Å². The predicted molar refractivity (Wildman–Crippen MR) is 51.3 cm³/mol. The Morgan fingerprint density at radius 2 is 2.25 bits per heavy atom. The summed E-state index contributed by atoms with van der Waals surface area (Å²) in [6.45, 7) is 3.99. The van der Waals surface area contributed by atoms with Gasteiger partial charge in [0.15, 0.2) is 0 Å². The lowest BCUT2D eigenvalue weighted by atomic mass is 9.80. The van der Waals surface area contributed by atoms with Crippen LogP contribution in [0.4, 0.5) is 0 Å². The molecular weight excluding hydrogens is 150 g/mol. The highest BCUT2D eigenvalue weighted by Gasteiger charge is 2.36. The van der Waals surface area contributed by atoms with E-state index in [0.717, 1.165) is 13.1 Å². The molecule has 1 aliphatic carbocycles. The van der Waals surface area contributed by atoms with Crippen LogP contribution in [-0.2, 0) is 4.74 Å². The average molecular weight is 169 g/mol. The highest BCUT2D eigenvalue weighted by Crippen LogP contribution is 2.34. The number of nitrogens with one attached hydrogen (secondary N) is 1. The van der Waals surface area contributed by atoms with Crippen LogP contribution >= 0.6 is 0 Å². The van der Waals surface area contributed by atoms with Gasteiger partial charge in [0.2, 0.25) is 0 Å². The molecular formula is C10H19NO. The molecule has 0 aromatic rings. The first kappa shape index (κ1) is 9.75. The summed E-state index contributed by atoms with van der Waals surface area (Å²) in [5.74, 6) is 0. The summed E-state index contributed by atoms with van der Waals surface area (Å²) < 4.78 is 5.47. The van der Waals surface area contributed by atoms with E-state index in [0.29, 0.717) is 0 Å². The van der Waals surface area contributed by atoms with Gasteiger partial charge in [-0.3, -0.25) is 0 Å². The van der Waals surface area contributed by atoms with Crippen molar-refractivity contribution in [1.82, 2.24) is 5.32 Å². The smallest absolute Gasteiger partial charge is 0.0802 e. The number of allylic oxidation sites excluding steroid dienone is 1. The van der Waals surface area contributed by atoms with Gasteiger partial charge in [-0.05, 0) is 26.2 Å².